The molecular formula is C41H59NO4. The molecule has 5 nitrogen and oxygen atoms in total. The van der Waals surface area contributed by atoms with Crippen molar-refractivity contribution in [2.24, 2.45) is 0 Å². The minimum Gasteiger partial charge on any atom is -0.497 e. The molecule has 0 radical (unpaired) electrons. The van der Waals surface area contributed by atoms with Crippen LogP contribution in [0.3, 0.4) is 0 Å². The van der Waals surface area contributed by atoms with E-state index in [4.69, 9.17) is 9.47 Å². The second kappa shape index (κ2) is 22.4. The molecular weight excluding hydrogens is 570 g/mol. The first-order chi connectivity index (χ1) is 22.6. The Bertz CT molecular complexity index is 1140. The lowest BCUT2D eigenvalue weighted by atomic mass is 9.80. The maximum Gasteiger partial charge on any atom is 0.220 e. The number of rotatable bonds is 25. The maximum atomic E-state index is 12.5. The summed E-state index contributed by atoms with van der Waals surface area (Å²) in [4.78, 5) is 12.5. The molecule has 0 bridgehead atoms. The number of aliphatic hydroxyl groups excluding tert-OH is 1. The van der Waals surface area contributed by atoms with E-state index in [0.29, 0.717) is 6.42 Å². The molecule has 46 heavy (non-hydrogen) atoms. The Morgan fingerprint density at radius 1 is 0.652 bits per heavy atom. The predicted octanol–water partition coefficient (Wildman–Crippen LogP) is 9.74. The largest absolute Gasteiger partial charge is 0.497 e. The van der Waals surface area contributed by atoms with Crippen LogP contribution in [0.1, 0.15) is 126 Å². The molecule has 0 aliphatic carbocycles. The lowest BCUT2D eigenvalue weighted by molar-refractivity contribution is -0.122. The van der Waals surface area contributed by atoms with Crippen molar-refractivity contribution < 1.29 is 19.4 Å². The van der Waals surface area contributed by atoms with Crippen LogP contribution >= 0.6 is 0 Å². The number of benzene rings is 3. The van der Waals surface area contributed by atoms with Crippen LogP contribution in [0.4, 0.5) is 0 Å². The number of hydrogen-bond acceptors (Lipinski definition) is 4. The van der Waals surface area contributed by atoms with Crippen LogP contribution in [0, 0.1) is 0 Å². The van der Waals surface area contributed by atoms with E-state index in [9.17, 15) is 9.90 Å². The van der Waals surface area contributed by atoms with Gasteiger partial charge in [-0.3, -0.25) is 4.79 Å². The Morgan fingerprint density at radius 2 is 1.09 bits per heavy atom. The van der Waals surface area contributed by atoms with E-state index < -0.39 is 11.7 Å². The van der Waals surface area contributed by atoms with E-state index in [0.717, 1.165) is 35.3 Å². The van der Waals surface area contributed by atoms with Gasteiger partial charge in [-0.2, -0.15) is 0 Å². The zero-order valence-corrected chi connectivity index (χ0v) is 28.6. The van der Waals surface area contributed by atoms with Crippen molar-refractivity contribution in [3.05, 3.63) is 102 Å². The number of carbonyl (C=O) groups excluding carboxylic acids is 1. The molecule has 0 aromatic heterocycles. The van der Waals surface area contributed by atoms with Gasteiger partial charge in [0.15, 0.2) is 0 Å². The van der Waals surface area contributed by atoms with E-state index in [2.05, 4.69) is 12.2 Å². The second-order valence-electron chi connectivity index (χ2n) is 12.6. The summed E-state index contributed by atoms with van der Waals surface area (Å²) in [5.74, 6) is 0.747. The van der Waals surface area contributed by atoms with E-state index >= 15 is 0 Å². The molecule has 3 aromatic rings. The van der Waals surface area contributed by atoms with E-state index in [1.807, 2.05) is 84.9 Å². The topological polar surface area (TPSA) is 67.8 Å². The number of amides is 1. The fraction of sp³-hybridized carbons (Fsp3) is 0.537. The van der Waals surface area contributed by atoms with Crippen LogP contribution in [0.5, 0.6) is 5.75 Å². The van der Waals surface area contributed by atoms with Crippen LogP contribution in [0.15, 0.2) is 84.9 Å². The summed E-state index contributed by atoms with van der Waals surface area (Å²) in [6.45, 7) is 2.48. The first-order valence-electron chi connectivity index (χ1n) is 17.9. The van der Waals surface area contributed by atoms with Gasteiger partial charge in [0.25, 0.3) is 0 Å². The van der Waals surface area contributed by atoms with Crippen molar-refractivity contribution >= 4 is 5.91 Å². The number of methoxy groups -OCH3 is 1. The first-order valence-corrected chi connectivity index (χ1v) is 17.9. The highest BCUT2D eigenvalue weighted by Crippen LogP contribution is 2.41. The van der Waals surface area contributed by atoms with Gasteiger partial charge in [0, 0.05) is 13.0 Å². The fourth-order valence-corrected chi connectivity index (χ4v) is 6.18. The summed E-state index contributed by atoms with van der Waals surface area (Å²) in [6.07, 6.45) is 19.2. The minimum absolute atomic E-state index is 0.0127. The molecule has 3 aromatic carbocycles. The molecule has 0 saturated heterocycles. The average molecular weight is 630 g/mol. The third-order valence-electron chi connectivity index (χ3n) is 8.89. The highest BCUT2D eigenvalue weighted by Gasteiger charge is 2.38. The lowest BCUT2D eigenvalue weighted by Gasteiger charge is -2.36. The minimum atomic E-state index is -0.951. The van der Waals surface area contributed by atoms with Crippen molar-refractivity contribution in [1.29, 1.82) is 0 Å². The smallest absolute Gasteiger partial charge is 0.220 e. The Balaban J connectivity index is 1.39. The zero-order chi connectivity index (χ0) is 32.7. The molecule has 0 saturated carbocycles. The lowest BCUT2D eigenvalue weighted by Crippen LogP contribution is -2.39. The van der Waals surface area contributed by atoms with Gasteiger partial charge in [-0.05, 0) is 35.2 Å². The van der Waals surface area contributed by atoms with Gasteiger partial charge >= 0.3 is 0 Å². The molecule has 0 fully saturated rings. The molecule has 0 heterocycles. The fourth-order valence-electron chi connectivity index (χ4n) is 6.18. The molecule has 0 unspecified atom stereocenters. The Hall–Kier alpha value is -3.15. The van der Waals surface area contributed by atoms with Gasteiger partial charge in [-0.1, -0.05) is 170 Å². The van der Waals surface area contributed by atoms with E-state index in [-0.39, 0.29) is 19.1 Å². The zero-order valence-electron chi connectivity index (χ0n) is 28.6. The van der Waals surface area contributed by atoms with Gasteiger partial charge in [0.05, 0.1) is 19.8 Å². The molecule has 5 heteroatoms. The molecule has 252 valence electrons. The molecule has 3 rings (SSSR count). The van der Waals surface area contributed by atoms with E-state index in [1.54, 1.807) is 7.11 Å². The number of aliphatic hydroxyl groups is 1. The number of unbranched alkanes of at least 4 members (excludes halogenated alkanes) is 14. The van der Waals surface area contributed by atoms with Crippen molar-refractivity contribution in [3.63, 3.8) is 0 Å². The summed E-state index contributed by atoms with van der Waals surface area (Å²) in [6, 6.07) is 28.0. The monoisotopic (exact) mass is 629 g/mol. The highest BCUT2D eigenvalue weighted by atomic mass is 16.5. The first kappa shape index (κ1) is 37.3. The summed E-state index contributed by atoms with van der Waals surface area (Å²) in [5, 5.41) is 13.8. The van der Waals surface area contributed by atoms with Crippen LogP contribution in [0.2, 0.25) is 0 Å². The Morgan fingerprint density at radius 3 is 1.54 bits per heavy atom. The standard InChI is InChI=1S/C41H59NO4/c1-3-4-5-6-7-8-9-10-11-12-13-14-15-16-23-28-40(44)42-33-38(43)34-46-41(35-24-19-17-20-25-35,36-26-21-18-22-27-36)37-29-31-39(45-2)32-30-37/h17-22,24-27,29-32,38,43H,3-16,23,28,33-34H2,1-2H3,(H,42,44)/t38-/m1/s1. The number of hydrogen-bond donors (Lipinski definition) is 2. The molecule has 1 amide bonds. The third kappa shape index (κ3) is 12.9. The van der Waals surface area contributed by atoms with Crippen molar-refractivity contribution in [1.82, 2.24) is 5.32 Å². The van der Waals surface area contributed by atoms with Crippen LogP contribution < -0.4 is 10.1 Å². The van der Waals surface area contributed by atoms with Crippen molar-refractivity contribution in [2.45, 2.75) is 121 Å². The number of nitrogens with one attached hydrogen (secondary N) is 1. The van der Waals surface area contributed by atoms with Crippen LogP contribution in [-0.2, 0) is 15.1 Å². The predicted molar refractivity (Wildman–Crippen MR) is 190 cm³/mol. The molecule has 0 spiro atoms. The van der Waals surface area contributed by atoms with Gasteiger partial charge in [0.1, 0.15) is 11.4 Å². The summed E-state index contributed by atoms with van der Waals surface area (Å²) in [5.41, 5.74) is 1.88. The summed E-state index contributed by atoms with van der Waals surface area (Å²) in [7, 11) is 1.65. The average Bonchev–Trinajstić information content (AvgIpc) is 3.10. The molecule has 0 aliphatic heterocycles. The molecule has 2 N–H and O–H groups in total. The van der Waals surface area contributed by atoms with Gasteiger partial charge < -0.3 is 19.9 Å². The highest BCUT2D eigenvalue weighted by molar-refractivity contribution is 5.75. The SMILES string of the molecule is CCCCCCCCCCCCCCCCCC(=O)NC[C@@H](O)COC(c1ccccc1)(c1ccccc1)c1ccc(OC)cc1. The Labute approximate surface area is 279 Å². The van der Waals surface area contributed by atoms with Gasteiger partial charge in [-0.25, -0.2) is 0 Å². The van der Waals surface area contributed by atoms with Crippen LogP contribution in [-0.4, -0.2) is 37.4 Å². The quantitative estimate of drug-likeness (QED) is 0.0723. The van der Waals surface area contributed by atoms with E-state index in [1.165, 1.54) is 83.5 Å². The summed E-state index contributed by atoms with van der Waals surface area (Å²) < 4.78 is 12.1. The third-order valence-corrected chi connectivity index (χ3v) is 8.89. The van der Waals surface area contributed by atoms with Crippen LogP contribution in [0.25, 0.3) is 0 Å². The van der Waals surface area contributed by atoms with Gasteiger partial charge in [0.2, 0.25) is 5.91 Å². The normalized spacial score (nSPS) is 12.2. The summed E-state index contributed by atoms with van der Waals surface area (Å²) >= 11 is 0. The maximum absolute atomic E-state index is 12.5. The van der Waals surface area contributed by atoms with Gasteiger partial charge in [-0.15, -0.1) is 0 Å². The number of ether oxygens (including phenoxy) is 2. The number of carbonyl (C=O) groups is 1. The van der Waals surface area contributed by atoms with Crippen molar-refractivity contribution in [2.75, 3.05) is 20.3 Å². The Kier molecular flexibility index (Phi) is 18.2. The van der Waals surface area contributed by atoms with Crippen molar-refractivity contribution in [3.8, 4) is 5.75 Å². The molecule has 0 aliphatic rings. The second-order valence-corrected chi connectivity index (χ2v) is 12.6. The molecule has 1 atom stereocenters.